The molecule has 0 unspecified atom stereocenters. The van der Waals surface area contributed by atoms with E-state index in [2.05, 4.69) is 6.07 Å². The maximum atomic E-state index is 6.13. The Hall–Kier alpha value is -1.22. The third-order valence-electron chi connectivity index (χ3n) is 3.76. The fourth-order valence-electron chi connectivity index (χ4n) is 2.67. The molecule has 2 rings (SSSR count). The summed E-state index contributed by atoms with van der Waals surface area (Å²) >= 11 is 0. The minimum absolute atomic E-state index is 0.344. The van der Waals surface area contributed by atoms with Gasteiger partial charge in [-0.2, -0.15) is 0 Å². The molecule has 3 heteroatoms. The Kier molecular flexibility index (Phi) is 5.52. The third-order valence-corrected chi connectivity index (χ3v) is 3.76. The second-order valence-electron chi connectivity index (χ2n) is 5.26. The predicted octanol–water partition coefficient (Wildman–Crippen LogP) is 3.30. The zero-order valence-electron chi connectivity index (χ0n) is 11.9. The van der Waals surface area contributed by atoms with E-state index in [1.54, 1.807) is 7.11 Å². The van der Waals surface area contributed by atoms with Crippen LogP contribution >= 0.6 is 0 Å². The van der Waals surface area contributed by atoms with Crippen LogP contribution in [-0.4, -0.2) is 19.8 Å². The molecule has 3 nitrogen and oxygen atoms in total. The van der Waals surface area contributed by atoms with Crippen molar-refractivity contribution in [3.63, 3.8) is 0 Å². The monoisotopic (exact) mass is 263 g/mol. The first-order valence-electron chi connectivity index (χ1n) is 7.37. The molecule has 19 heavy (non-hydrogen) atoms. The summed E-state index contributed by atoms with van der Waals surface area (Å²) < 4.78 is 11.6. The lowest BCUT2D eigenvalue weighted by atomic mass is 10.1. The normalized spacial score (nSPS) is 16.9. The van der Waals surface area contributed by atoms with Gasteiger partial charge in [0.05, 0.1) is 13.2 Å². The van der Waals surface area contributed by atoms with E-state index in [0.717, 1.165) is 30.8 Å². The van der Waals surface area contributed by atoms with Crippen molar-refractivity contribution in [1.82, 2.24) is 0 Å². The molecule has 0 atom stereocenters. The molecule has 1 fully saturated rings. The number of benzene rings is 1. The maximum absolute atomic E-state index is 6.13. The van der Waals surface area contributed by atoms with Gasteiger partial charge in [-0.05, 0) is 56.3 Å². The van der Waals surface area contributed by atoms with E-state index in [0.29, 0.717) is 12.6 Å². The van der Waals surface area contributed by atoms with Crippen molar-refractivity contribution in [3.05, 3.63) is 23.8 Å². The van der Waals surface area contributed by atoms with E-state index in [-0.39, 0.29) is 0 Å². The van der Waals surface area contributed by atoms with E-state index >= 15 is 0 Å². The fourth-order valence-corrected chi connectivity index (χ4v) is 2.67. The molecule has 0 spiro atoms. The maximum Gasteiger partial charge on any atom is 0.161 e. The standard InChI is InChI=1S/C16H25NO2/c1-18-16-12-13(10-11-17)8-9-15(16)19-14-6-4-2-3-5-7-14/h8-9,12,14H,2-7,10-11,17H2,1H3. The van der Waals surface area contributed by atoms with E-state index in [1.807, 2.05) is 12.1 Å². The minimum atomic E-state index is 0.344. The van der Waals surface area contributed by atoms with Crippen LogP contribution in [0.4, 0.5) is 0 Å². The molecule has 0 radical (unpaired) electrons. The van der Waals surface area contributed by atoms with Crippen LogP contribution in [0.25, 0.3) is 0 Å². The van der Waals surface area contributed by atoms with Crippen LogP contribution in [0.2, 0.25) is 0 Å². The third kappa shape index (κ3) is 4.13. The van der Waals surface area contributed by atoms with Gasteiger partial charge in [0, 0.05) is 0 Å². The van der Waals surface area contributed by atoms with E-state index in [9.17, 15) is 0 Å². The van der Waals surface area contributed by atoms with Crippen molar-refractivity contribution >= 4 is 0 Å². The summed E-state index contributed by atoms with van der Waals surface area (Å²) in [5.74, 6) is 1.70. The second-order valence-corrected chi connectivity index (χ2v) is 5.26. The molecule has 106 valence electrons. The quantitative estimate of drug-likeness (QED) is 0.829. The van der Waals surface area contributed by atoms with Gasteiger partial charge in [0.2, 0.25) is 0 Å². The Morgan fingerprint density at radius 2 is 1.84 bits per heavy atom. The predicted molar refractivity (Wildman–Crippen MR) is 77.9 cm³/mol. The lowest BCUT2D eigenvalue weighted by molar-refractivity contribution is 0.176. The largest absolute Gasteiger partial charge is 0.493 e. The molecule has 1 aromatic rings. The van der Waals surface area contributed by atoms with Crippen LogP contribution in [0.1, 0.15) is 44.1 Å². The molecule has 1 aliphatic rings. The lowest BCUT2D eigenvalue weighted by Gasteiger charge is -2.19. The van der Waals surface area contributed by atoms with Crippen LogP contribution in [0.5, 0.6) is 11.5 Å². The molecule has 1 saturated carbocycles. The highest BCUT2D eigenvalue weighted by atomic mass is 16.5. The van der Waals surface area contributed by atoms with Crippen molar-refractivity contribution in [1.29, 1.82) is 0 Å². The van der Waals surface area contributed by atoms with Crippen molar-refractivity contribution in [3.8, 4) is 11.5 Å². The molecule has 1 aromatic carbocycles. The summed E-state index contributed by atoms with van der Waals surface area (Å²) in [6.45, 7) is 0.659. The number of ether oxygens (including phenoxy) is 2. The Balaban J connectivity index is 2.05. The van der Waals surface area contributed by atoms with Gasteiger partial charge in [-0.3, -0.25) is 0 Å². The van der Waals surface area contributed by atoms with Crippen molar-refractivity contribution in [2.24, 2.45) is 5.73 Å². The molecular weight excluding hydrogens is 238 g/mol. The number of hydrogen-bond acceptors (Lipinski definition) is 3. The van der Waals surface area contributed by atoms with Gasteiger partial charge in [0.1, 0.15) is 0 Å². The first-order valence-corrected chi connectivity index (χ1v) is 7.37. The van der Waals surface area contributed by atoms with E-state index in [4.69, 9.17) is 15.2 Å². The lowest BCUT2D eigenvalue weighted by Crippen LogP contribution is -2.15. The van der Waals surface area contributed by atoms with Gasteiger partial charge in [-0.15, -0.1) is 0 Å². The average molecular weight is 263 g/mol. The summed E-state index contributed by atoms with van der Waals surface area (Å²) in [7, 11) is 1.70. The fraction of sp³-hybridized carbons (Fsp3) is 0.625. The van der Waals surface area contributed by atoms with E-state index in [1.165, 1.54) is 31.2 Å². The summed E-state index contributed by atoms with van der Waals surface area (Å²) in [5.41, 5.74) is 6.79. The molecule has 0 heterocycles. The molecule has 0 amide bonds. The van der Waals surface area contributed by atoms with Gasteiger partial charge in [-0.25, -0.2) is 0 Å². The molecule has 2 N–H and O–H groups in total. The highest BCUT2D eigenvalue weighted by molar-refractivity contribution is 5.43. The van der Waals surface area contributed by atoms with Crippen molar-refractivity contribution in [2.45, 2.75) is 51.0 Å². The molecule has 0 bridgehead atoms. The zero-order chi connectivity index (χ0) is 13.5. The van der Waals surface area contributed by atoms with Gasteiger partial charge in [0.25, 0.3) is 0 Å². The summed E-state index contributed by atoms with van der Waals surface area (Å²) in [6.07, 6.45) is 8.77. The number of hydrogen-bond donors (Lipinski definition) is 1. The van der Waals surface area contributed by atoms with Gasteiger partial charge in [0.15, 0.2) is 11.5 Å². The van der Waals surface area contributed by atoms with Gasteiger partial charge in [-0.1, -0.05) is 18.9 Å². The smallest absolute Gasteiger partial charge is 0.161 e. The minimum Gasteiger partial charge on any atom is -0.493 e. The SMILES string of the molecule is COc1cc(CCN)ccc1OC1CCCCCC1. The Morgan fingerprint density at radius 1 is 1.11 bits per heavy atom. The van der Waals surface area contributed by atoms with Crippen LogP contribution in [0, 0.1) is 0 Å². The Bertz CT molecular complexity index is 384. The first-order chi connectivity index (χ1) is 9.33. The molecular formula is C16H25NO2. The van der Waals surface area contributed by atoms with Crippen LogP contribution in [-0.2, 0) is 6.42 Å². The zero-order valence-corrected chi connectivity index (χ0v) is 11.9. The topological polar surface area (TPSA) is 44.5 Å². The summed E-state index contributed by atoms with van der Waals surface area (Å²) in [6, 6.07) is 6.15. The van der Waals surface area contributed by atoms with Gasteiger partial charge >= 0.3 is 0 Å². The highest BCUT2D eigenvalue weighted by Crippen LogP contribution is 2.31. The Morgan fingerprint density at radius 3 is 2.47 bits per heavy atom. The summed E-state index contributed by atoms with van der Waals surface area (Å²) in [5, 5.41) is 0. The molecule has 0 aliphatic heterocycles. The molecule has 0 aromatic heterocycles. The average Bonchev–Trinajstić information content (AvgIpc) is 2.69. The number of nitrogens with two attached hydrogens (primary N) is 1. The Labute approximate surface area is 116 Å². The van der Waals surface area contributed by atoms with Crippen LogP contribution in [0.15, 0.2) is 18.2 Å². The van der Waals surface area contributed by atoms with Crippen molar-refractivity contribution < 1.29 is 9.47 Å². The van der Waals surface area contributed by atoms with Crippen molar-refractivity contribution in [2.75, 3.05) is 13.7 Å². The number of methoxy groups -OCH3 is 1. The number of rotatable bonds is 5. The summed E-state index contributed by atoms with van der Waals surface area (Å²) in [4.78, 5) is 0. The first kappa shape index (κ1) is 14.2. The van der Waals surface area contributed by atoms with Crippen LogP contribution in [0.3, 0.4) is 0 Å². The molecule has 0 saturated heterocycles. The molecule has 1 aliphatic carbocycles. The highest BCUT2D eigenvalue weighted by Gasteiger charge is 2.16. The van der Waals surface area contributed by atoms with Crippen LogP contribution < -0.4 is 15.2 Å². The van der Waals surface area contributed by atoms with Gasteiger partial charge < -0.3 is 15.2 Å². The second kappa shape index (κ2) is 7.39. The van der Waals surface area contributed by atoms with E-state index < -0.39 is 0 Å².